The van der Waals surface area contributed by atoms with Gasteiger partial charge in [0, 0.05) is 21.5 Å². The maximum absolute atomic E-state index is 3.93. The zero-order valence-corrected chi connectivity index (χ0v) is 16.5. The summed E-state index contributed by atoms with van der Waals surface area (Å²) in [6.07, 6.45) is 0. The molecule has 0 radical (unpaired) electrons. The molecule has 0 unspecified atom stereocenters. The van der Waals surface area contributed by atoms with Gasteiger partial charge in [-0.25, -0.2) is 0 Å². The Hall–Kier alpha value is 1.14. The van der Waals surface area contributed by atoms with Crippen LogP contribution in [0.1, 0.15) is 36.8 Å². The van der Waals surface area contributed by atoms with E-state index in [9.17, 15) is 0 Å². The summed E-state index contributed by atoms with van der Waals surface area (Å²) < 4.78 is -0.107. The molecule has 18 heavy (non-hydrogen) atoms. The molecule has 0 nitrogen and oxygen atoms in total. The van der Waals surface area contributed by atoms with Gasteiger partial charge in [0.05, 0.1) is 0 Å². The fraction of sp³-hybridized carbons (Fsp3) is 0.571. The maximum Gasteiger partial charge on any atom is 0.107 e. The summed E-state index contributed by atoms with van der Waals surface area (Å²) in [5.74, 6) is 1.04. The molecule has 0 aliphatic heterocycles. The molecule has 0 spiro atoms. The third-order valence-electron chi connectivity index (χ3n) is 4.59. The molecule has 3 rings (SSSR count). The van der Waals surface area contributed by atoms with Gasteiger partial charge in [0.25, 0.3) is 0 Å². The van der Waals surface area contributed by atoms with Gasteiger partial charge in [-0.1, -0.05) is 102 Å². The maximum atomic E-state index is 3.93. The summed E-state index contributed by atoms with van der Waals surface area (Å²) in [4.78, 5) is 0.702. The molecule has 2 aliphatic rings. The second-order valence-electron chi connectivity index (χ2n) is 5.88. The minimum Gasteiger partial charge on any atom is -0.0859 e. The van der Waals surface area contributed by atoms with Gasteiger partial charge in [0.2, 0.25) is 0 Å². The fourth-order valence-corrected chi connectivity index (χ4v) is 7.65. The predicted molar refractivity (Wildman–Crippen MR) is 91.7 cm³/mol. The SMILES string of the molecule is CC1(C)[C@@H]2c3ccccc3[C@H]1[C@@H](Br)C(Br)(Br)[C@H]2Br. The van der Waals surface area contributed by atoms with Crippen LogP contribution in [0.4, 0.5) is 0 Å². The number of fused-ring (bicyclic) bond motifs is 5. The van der Waals surface area contributed by atoms with Crippen molar-refractivity contribution in [2.45, 2.75) is 38.6 Å². The van der Waals surface area contributed by atoms with Crippen LogP contribution in [0.3, 0.4) is 0 Å². The minimum atomic E-state index is -0.107. The van der Waals surface area contributed by atoms with Crippen molar-refractivity contribution in [3.63, 3.8) is 0 Å². The lowest BCUT2D eigenvalue weighted by molar-refractivity contribution is 0.206. The van der Waals surface area contributed by atoms with Crippen molar-refractivity contribution in [1.29, 1.82) is 0 Å². The van der Waals surface area contributed by atoms with Gasteiger partial charge in [0.1, 0.15) is 3.23 Å². The first-order valence-corrected chi connectivity index (χ1v) is 9.46. The van der Waals surface area contributed by atoms with Crippen LogP contribution in [0.15, 0.2) is 24.3 Å². The highest BCUT2D eigenvalue weighted by atomic mass is 79.9. The number of hydrogen-bond donors (Lipinski definition) is 0. The zero-order valence-electron chi connectivity index (χ0n) is 10.1. The van der Waals surface area contributed by atoms with Crippen molar-refractivity contribution in [3.05, 3.63) is 35.4 Å². The van der Waals surface area contributed by atoms with Crippen molar-refractivity contribution >= 4 is 63.7 Å². The number of rotatable bonds is 0. The summed E-state index contributed by atoms with van der Waals surface area (Å²) in [6, 6.07) is 8.89. The second-order valence-corrected chi connectivity index (χ2v) is 11.5. The van der Waals surface area contributed by atoms with E-state index >= 15 is 0 Å². The third kappa shape index (κ3) is 1.64. The Morgan fingerprint density at radius 3 is 1.67 bits per heavy atom. The highest BCUT2D eigenvalue weighted by Crippen LogP contribution is 2.70. The smallest absolute Gasteiger partial charge is 0.0859 e. The average Bonchev–Trinajstić information content (AvgIpc) is 2.48. The van der Waals surface area contributed by atoms with Crippen LogP contribution in [0.2, 0.25) is 0 Å². The molecule has 2 bridgehead atoms. The third-order valence-corrected chi connectivity index (χ3v) is 11.5. The van der Waals surface area contributed by atoms with Crippen molar-refractivity contribution in [2.75, 3.05) is 0 Å². The highest BCUT2D eigenvalue weighted by Gasteiger charge is 2.63. The Bertz CT molecular complexity index is 453. The first-order valence-electron chi connectivity index (χ1n) is 6.04. The van der Waals surface area contributed by atoms with Gasteiger partial charge >= 0.3 is 0 Å². The summed E-state index contributed by atoms with van der Waals surface area (Å²) >= 11 is 15.6. The van der Waals surface area contributed by atoms with E-state index in [1.165, 1.54) is 11.1 Å². The molecule has 1 saturated carbocycles. The monoisotopic (exact) mass is 498 g/mol. The molecule has 0 N–H and O–H groups in total. The largest absolute Gasteiger partial charge is 0.107 e. The number of halogens is 4. The molecule has 1 fully saturated rings. The standard InChI is InChI=1S/C14H14Br4/c1-13(2)9-7-5-3-4-6-8(7)10(13)12(16)14(17,18)11(9)15/h3-6,9-12H,1-2H3/t9-,10+,11+,12-. The topological polar surface area (TPSA) is 0 Å². The molecule has 98 valence electrons. The van der Waals surface area contributed by atoms with E-state index in [-0.39, 0.29) is 8.65 Å². The van der Waals surface area contributed by atoms with Crippen LogP contribution in [-0.4, -0.2) is 12.9 Å². The molecule has 0 aromatic heterocycles. The molecule has 0 heterocycles. The van der Waals surface area contributed by atoms with E-state index in [0.29, 0.717) is 21.5 Å². The van der Waals surface area contributed by atoms with Crippen LogP contribution in [0, 0.1) is 5.41 Å². The molecular weight excluding hydrogens is 488 g/mol. The van der Waals surface area contributed by atoms with E-state index < -0.39 is 0 Å². The molecular formula is C14H14Br4. The summed E-state index contributed by atoms with van der Waals surface area (Å²) in [6.45, 7) is 4.78. The van der Waals surface area contributed by atoms with Crippen molar-refractivity contribution in [2.24, 2.45) is 5.41 Å². The Balaban J connectivity index is 2.26. The van der Waals surface area contributed by atoms with Crippen molar-refractivity contribution in [3.8, 4) is 0 Å². The average molecular weight is 502 g/mol. The molecule has 1 aromatic carbocycles. The lowest BCUT2D eigenvalue weighted by Gasteiger charge is -2.50. The predicted octanol–water partition coefficient (Wildman–Crippen LogP) is 5.92. The van der Waals surface area contributed by atoms with E-state index in [1.54, 1.807) is 0 Å². The first-order chi connectivity index (χ1) is 8.29. The fourth-order valence-electron chi connectivity index (χ4n) is 3.74. The van der Waals surface area contributed by atoms with Gasteiger partial charge in [0.15, 0.2) is 0 Å². The number of benzene rings is 1. The van der Waals surface area contributed by atoms with Crippen LogP contribution < -0.4 is 0 Å². The number of alkyl halides is 4. The quantitative estimate of drug-likeness (QED) is 0.387. The molecule has 1 aromatic rings. The van der Waals surface area contributed by atoms with Gasteiger partial charge < -0.3 is 0 Å². The second kappa shape index (κ2) is 4.32. The van der Waals surface area contributed by atoms with Crippen molar-refractivity contribution in [1.82, 2.24) is 0 Å². The van der Waals surface area contributed by atoms with Gasteiger partial charge in [-0.15, -0.1) is 0 Å². The van der Waals surface area contributed by atoms with Crippen LogP contribution in [0.5, 0.6) is 0 Å². The minimum absolute atomic E-state index is 0.107. The van der Waals surface area contributed by atoms with Crippen molar-refractivity contribution < 1.29 is 0 Å². The first kappa shape index (κ1) is 14.1. The molecule has 4 atom stereocenters. The summed E-state index contributed by atoms with van der Waals surface area (Å²) in [5.41, 5.74) is 3.26. The van der Waals surface area contributed by atoms with Gasteiger partial charge in [-0.3, -0.25) is 0 Å². The van der Waals surface area contributed by atoms with Crippen LogP contribution >= 0.6 is 63.7 Å². The molecule has 0 saturated heterocycles. The Labute approximate surface area is 142 Å². The van der Waals surface area contributed by atoms with E-state index in [2.05, 4.69) is 102 Å². The Morgan fingerprint density at radius 1 is 0.889 bits per heavy atom. The van der Waals surface area contributed by atoms with E-state index in [0.717, 1.165) is 0 Å². The summed E-state index contributed by atoms with van der Waals surface area (Å²) in [7, 11) is 0. The Kier molecular flexibility index (Phi) is 3.38. The van der Waals surface area contributed by atoms with Gasteiger partial charge in [-0.2, -0.15) is 0 Å². The summed E-state index contributed by atoms with van der Waals surface area (Å²) in [5, 5.41) is 0. The van der Waals surface area contributed by atoms with Crippen LogP contribution in [0.25, 0.3) is 0 Å². The van der Waals surface area contributed by atoms with Gasteiger partial charge in [-0.05, 0) is 16.5 Å². The zero-order chi connectivity index (χ0) is 13.3. The lowest BCUT2D eigenvalue weighted by atomic mass is 9.66. The molecule has 0 amide bonds. The normalized spacial score (nSPS) is 39.4. The van der Waals surface area contributed by atoms with E-state index in [4.69, 9.17) is 0 Å². The van der Waals surface area contributed by atoms with Crippen LogP contribution in [-0.2, 0) is 0 Å². The van der Waals surface area contributed by atoms with E-state index in [1.807, 2.05) is 0 Å². The molecule has 2 aliphatic carbocycles. The number of hydrogen-bond acceptors (Lipinski definition) is 0. The lowest BCUT2D eigenvalue weighted by Crippen LogP contribution is -2.51. The highest BCUT2D eigenvalue weighted by molar-refractivity contribution is 9.27. The molecule has 4 heteroatoms. The Morgan fingerprint density at radius 2 is 1.28 bits per heavy atom.